The molecule has 2 amide bonds. The van der Waals surface area contributed by atoms with Gasteiger partial charge in [0.25, 0.3) is 5.91 Å². The van der Waals surface area contributed by atoms with Crippen molar-refractivity contribution in [2.24, 2.45) is 0 Å². The molecular formula is C16H20N2O5S. The summed E-state index contributed by atoms with van der Waals surface area (Å²) in [5, 5.41) is 5.31. The first-order valence-electron chi connectivity index (χ1n) is 7.47. The number of hydrogen-bond donors (Lipinski definition) is 2. The maximum Gasteiger partial charge on any atom is 0.328 e. The van der Waals surface area contributed by atoms with E-state index in [1.807, 2.05) is 6.26 Å². The number of amides is 2. The second-order valence-electron chi connectivity index (χ2n) is 5.22. The normalized spacial score (nSPS) is 17.1. The van der Waals surface area contributed by atoms with Crippen LogP contribution >= 0.6 is 11.8 Å². The van der Waals surface area contributed by atoms with Crippen molar-refractivity contribution in [3.8, 4) is 5.75 Å². The highest BCUT2D eigenvalue weighted by Gasteiger charge is 2.31. The van der Waals surface area contributed by atoms with Gasteiger partial charge >= 0.3 is 5.97 Å². The lowest BCUT2D eigenvalue weighted by Crippen LogP contribution is -2.46. The van der Waals surface area contributed by atoms with E-state index in [9.17, 15) is 14.4 Å². The zero-order valence-corrected chi connectivity index (χ0v) is 14.4. The van der Waals surface area contributed by atoms with Crippen LogP contribution < -0.4 is 15.4 Å². The maximum atomic E-state index is 12.2. The molecule has 8 heteroatoms. The Hall–Kier alpha value is -2.22. The minimum absolute atomic E-state index is 0.174. The number of carbonyl (C=O) groups excluding carboxylic acids is 3. The smallest absolute Gasteiger partial charge is 0.328 e. The van der Waals surface area contributed by atoms with E-state index >= 15 is 0 Å². The van der Waals surface area contributed by atoms with Crippen LogP contribution in [0.15, 0.2) is 24.3 Å². The molecule has 2 N–H and O–H groups in total. The molecular weight excluding hydrogens is 332 g/mol. The number of anilines is 1. The number of nitrogens with one attached hydrogen (secondary N) is 2. The fourth-order valence-electron chi connectivity index (χ4n) is 2.28. The summed E-state index contributed by atoms with van der Waals surface area (Å²) >= 11 is 1.57. The molecule has 1 aliphatic heterocycles. The number of ether oxygens (including phenoxy) is 2. The third-order valence-electron chi connectivity index (χ3n) is 3.51. The van der Waals surface area contributed by atoms with E-state index in [4.69, 9.17) is 9.47 Å². The molecule has 1 aromatic rings. The zero-order valence-electron chi connectivity index (χ0n) is 13.5. The Morgan fingerprint density at radius 2 is 2.17 bits per heavy atom. The van der Waals surface area contributed by atoms with Crippen LogP contribution in [0.3, 0.4) is 0 Å². The van der Waals surface area contributed by atoms with Crippen LogP contribution in [0.25, 0.3) is 0 Å². The van der Waals surface area contributed by atoms with Gasteiger partial charge in [-0.3, -0.25) is 9.59 Å². The Balaban J connectivity index is 1.96. The van der Waals surface area contributed by atoms with Crippen LogP contribution in [0.1, 0.15) is 12.8 Å². The number of esters is 1. The molecule has 0 aliphatic carbocycles. The first-order chi connectivity index (χ1) is 11.5. The quantitative estimate of drug-likeness (QED) is 0.716. The van der Waals surface area contributed by atoms with Gasteiger partial charge < -0.3 is 20.1 Å². The lowest BCUT2D eigenvalue weighted by atomic mass is 10.1. The van der Waals surface area contributed by atoms with Gasteiger partial charge in [0.2, 0.25) is 5.91 Å². The van der Waals surface area contributed by atoms with Crippen LogP contribution in [0.4, 0.5) is 5.69 Å². The number of para-hydroxylation sites is 2. The van der Waals surface area contributed by atoms with Gasteiger partial charge in [-0.25, -0.2) is 4.79 Å². The van der Waals surface area contributed by atoms with Crippen molar-refractivity contribution in [2.45, 2.75) is 25.0 Å². The van der Waals surface area contributed by atoms with Gasteiger partial charge in [0, 0.05) is 0 Å². The summed E-state index contributed by atoms with van der Waals surface area (Å²) in [6.07, 6.45) is 1.26. The number of thioether (sulfide) groups is 1. The summed E-state index contributed by atoms with van der Waals surface area (Å²) in [6.45, 7) is 0. The molecule has 2 atom stereocenters. The summed E-state index contributed by atoms with van der Waals surface area (Å²) < 4.78 is 10.3. The predicted octanol–water partition coefficient (Wildman–Crippen LogP) is 1.19. The average Bonchev–Trinajstić information content (AvgIpc) is 2.58. The van der Waals surface area contributed by atoms with Gasteiger partial charge in [0.15, 0.2) is 6.10 Å². The molecule has 0 radical (unpaired) electrons. The van der Waals surface area contributed by atoms with E-state index in [2.05, 4.69) is 10.6 Å². The van der Waals surface area contributed by atoms with Crippen molar-refractivity contribution in [1.82, 2.24) is 5.32 Å². The molecule has 2 rings (SSSR count). The molecule has 0 unspecified atom stereocenters. The van der Waals surface area contributed by atoms with Crippen molar-refractivity contribution in [1.29, 1.82) is 0 Å². The number of rotatable bonds is 7. The van der Waals surface area contributed by atoms with Gasteiger partial charge in [-0.2, -0.15) is 11.8 Å². The number of hydrogen-bond acceptors (Lipinski definition) is 6. The van der Waals surface area contributed by atoms with E-state index in [1.165, 1.54) is 7.11 Å². The fraction of sp³-hybridized carbons (Fsp3) is 0.438. The van der Waals surface area contributed by atoms with Gasteiger partial charge in [0.1, 0.15) is 11.8 Å². The molecule has 7 nitrogen and oxygen atoms in total. The van der Waals surface area contributed by atoms with Crippen molar-refractivity contribution in [3.63, 3.8) is 0 Å². The van der Waals surface area contributed by atoms with Crippen LogP contribution in [0.5, 0.6) is 5.75 Å². The lowest BCUT2D eigenvalue weighted by molar-refractivity contribution is -0.145. The van der Waals surface area contributed by atoms with E-state index < -0.39 is 24.0 Å². The molecule has 1 aliphatic rings. The molecule has 0 saturated carbocycles. The van der Waals surface area contributed by atoms with Crippen molar-refractivity contribution in [3.05, 3.63) is 24.3 Å². The van der Waals surface area contributed by atoms with E-state index in [-0.39, 0.29) is 12.3 Å². The molecule has 0 aromatic heterocycles. The van der Waals surface area contributed by atoms with Crippen molar-refractivity contribution < 1.29 is 23.9 Å². The summed E-state index contributed by atoms with van der Waals surface area (Å²) in [6, 6.07) is 6.27. The number of methoxy groups -OCH3 is 1. The van der Waals surface area contributed by atoms with E-state index in [1.54, 1.807) is 36.0 Å². The van der Waals surface area contributed by atoms with E-state index in [0.29, 0.717) is 23.6 Å². The Morgan fingerprint density at radius 3 is 2.88 bits per heavy atom. The Bertz CT molecular complexity index is 622. The van der Waals surface area contributed by atoms with Gasteiger partial charge in [-0.1, -0.05) is 12.1 Å². The Labute approximate surface area is 144 Å². The fourth-order valence-corrected chi connectivity index (χ4v) is 2.75. The predicted molar refractivity (Wildman–Crippen MR) is 91.1 cm³/mol. The highest BCUT2D eigenvalue weighted by atomic mass is 32.2. The van der Waals surface area contributed by atoms with Gasteiger partial charge in [0.05, 0.1) is 19.2 Å². The molecule has 24 heavy (non-hydrogen) atoms. The van der Waals surface area contributed by atoms with Crippen LogP contribution in [0.2, 0.25) is 0 Å². The molecule has 0 fully saturated rings. The third kappa shape index (κ3) is 4.64. The minimum atomic E-state index is -0.932. The summed E-state index contributed by atoms with van der Waals surface area (Å²) in [5.74, 6) is -0.111. The highest BCUT2D eigenvalue weighted by molar-refractivity contribution is 7.98. The van der Waals surface area contributed by atoms with Gasteiger partial charge in [-0.05, 0) is 30.6 Å². The molecule has 0 saturated heterocycles. The third-order valence-corrected chi connectivity index (χ3v) is 4.15. The Kier molecular flexibility index (Phi) is 6.48. The average molecular weight is 352 g/mol. The van der Waals surface area contributed by atoms with Crippen LogP contribution in [0, 0.1) is 0 Å². The molecule has 130 valence electrons. The maximum absolute atomic E-state index is 12.2. The standard InChI is InChI=1S/C16H20N2O5S/c1-22-16(21)11(7-8-24-2)17-14(19)9-13-15(20)18-10-5-3-4-6-12(10)23-13/h3-6,11,13H,7-9H2,1-2H3,(H,17,19)(H,18,20)/t11-,13-/m0/s1. The zero-order chi connectivity index (χ0) is 17.5. The topological polar surface area (TPSA) is 93.7 Å². The lowest BCUT2D eigenvalue weighted by Gasteiger charge is -2.26. The number of fused-ring (bicyclic) bond motifs is 1. The van der Waals surface area contributed by atoms with Crippen molar-refractivity contribution in [2.75, 3.05) is 24.4 Å². The van der Waals surface area contributed by atoms with Crippen molar-refractivity contribution >= 4 is 35.2 Å². The first kappa shape index (κ1) is 18.1. The summed E-state index contributed by atoms with van der Waals surface area (Å²) in [5.41, 5.74) is 0.576. The second-order valence-corrected chi connectivity index (χ2v) is 6.21. The second kappa shape index (κ2) is 8.58. The largest absolute Gasteiger partial charge is 0.478 e. The molecule has 0 bridgehead atoms. The Morgan fingerprint density at radius 1 is 1.42 bits per heavy atom. The SMILES string of the molecule is COC(=O)[C@H](CCSC)NC(=O)C[C@@H]1Oc2ccccc2NC1=O. The number of carbonyl (C=O) groups is 3. The minimum Gasteiger partial charge on any atom is -0.478 e. The number of benzene rings is 1. The monoisotopic (exact) mass is 352 g/mol. The highest BCUT2D eigenvalue weighted by Crippen LogP contribution is 2.29. The van der Waals surface area contributed by atoms with E-state index in [0.717, 1.165) is 0 Å². The molecule has 0 spiro atoms. The van der Waals surface area contributed by atoms with Crippen LogP contribution in [-0.2, 0) is 19.1 Å². The molecule has 1 heterocycles. The first-order valence-corrected chi connectivity index (χ1v) is 8.87. The summed E-state index contributed by atoms with van der Waals surface area (Å²) in [7, 11) is 1.27. The summed E-state index contributed by atoms with van der Waals surface area (Å²) in [4.78, 5) is 35.9. The van der Waals surface area contributed by atoms with Crippen LogP contribution in [-0.4, -0.2) is 49.0 Å². The molecule has 1 aromatic carbocycles. The van der Waals surface area contributed by atoms with Gasteiger partial charge in [-0.15, -0.1) is 0 Å².